The second-order valence-electron chi connectivity index (χ2n) is 8.79. The van der Waals surface area contributed by atoms with E-state index in [0.717, 1.165) is 42.8 Å². The van der Waals surface area contributed by atoms with Crippen molar-refractivity contribution < 1.29 is 14.0 Å². The fourth-order valence-electron chi connectivity index (χ4n) is 4.14. The summed E-state index contributed by atoms with van der Waals surface area (Å²) in [5, 5.41) is 8.58. The number of hydrogen-bond acceptors (Lipinski definition) is 6. The molecule has 0 spiro atoms. The van der Waals surface area contributed by atoms with Crippen LogP contribution in [0, 0.1) is 27.7 Å². The monoisotopic (exact) mass is 466 g/mol. The molecule has 33 heavy (non-hydrogen) atoms. The van der Waals surface area contributed by atoms with Crippen molar-refractivity contribution in [3.8, 4) is 11.3 Å². The number of aromatic nitrogens is 1. The van der Waals surface area contributed by atoms with E-state index in [1.54, 1.807) is 6.07 Å². The van der Waals surface area contributed by atoms with Crippen LogP contribution < -0.4 is 10.6 Å². The molecule has 2 amide bonds. The molecule has 1 saturated heterocycles. The lowest BCUT2D eigenvalue weighted by Crippen LogP contribution is -2.46. The number of aryl methyl sites for hydroxylation is 4. The van der Waals surface area contributed by atoms with Crippen molar-refractivity contribution in [1.29, 1.82) is 0 Å². The second kappa shape index (κ2) is 9.89. The third-order valence-electron chi connectivity index (χ3n) is 6.23. The molecular formula is C25H30N4O3S. The lowest BCUT2D eigenvalue weighted by atomic mass is 9.99. The Bertz CT molecular complexity index is 1160. The quantitative estimate of drug-likeness (QED) is 0.560. The third-order valence-corrected chi connectivity index (χ3v) is 6.98. The highest BCUT2D eigenvalue weighted by Gasteiger charge is 2.24. The molecule has 1 aliphatic heterocycles. The minimum Gasteiger partial charge on any atom is -0.459 e. The van der Waals surface area contributed by atoms with Crippen LogP contribution in [0.3, 0.4) is 0 Å². The molecular weight excluding hydrogens is 436 g/mol. The van der Waals surface area contributed by atoms with Crippen LogP contribution in [-0.4, -0.2) is 47.4 Å². The van der Waals surface area contributed by atoms with E-state index in [4.69, 9.17) is 4.42 Å². The van der Waals surface area contributed by atoms with Gasteiger partial charge in [0.25, 0.3) is 5.91 Å². The molecule has 7 nitrogen and oxygen atoms in total. The van der Waals surface area contributed by atoms with Gasteiger partial charge < -0.3 is 15.1 Å². The van der Waals surface area contributed by atoms with Crippen LogP contribution in [0.5, 0.6) is 0 Å². The van der Waals surface area contributed by atoms with Gasteiger partial charge in [0.05, 0.1) is 18.5 Å². The Morgan fingerprint density at radius 3 is 2.52 bits per heavy atom. The molecule has 0 atom stereocenters. The number of thiazole rings is 1. The Hall–Kier alpha value is -2.97. The second-order valence-corrected chi connectivity index (χ2v) is 9.65. The van der Waals surface area contributed by atoms with Gasteiger partial charge in [0, 0.05) is 35.6 Å². The molecule has 0 radical (unpaired) electrons. The predicted octanol–water partition coefficient (Wildman–Crippen LogP) is 4.47. The van der Waals surface area contributed by atoms with Gasteiger partial charge in [-0.2, -0.15) is 0 Å². The lowest BCUT2D eigenvalue weighted by molar-refractivity contribution is -0.117. The van der Waals surface area contributed by atoms with E-state index >= 15 is 0 Å². The molecule has 2 N–H and O–H groups in total. The molecule has 3 aromatic rings. The number of nitrogens with one attached hydrogen (secondary N) is 2. The Morgan fingerprint density at radius 2 is 1.82 bits per heavy atom. The minimum atomic E-state index is -0.174. The predicted molar refractivity (Wildman–Crippen MR) is 131 cm³/mol. The number of likely N-dealkylation sites (tertiary alicyclic amines) is 1. The average Bonchev–Trinajstić information content (AvgIpc) is 3.41. The van der Waals surface area contributed by atoms with Crippen molar-refractivity contribution in [2.75, 3.05) is 25.0 Å². The highest BCUT2D eigenvalue weighted by molar-refractivity contribution is 7.14. The van der Waals surface area contributed by atoms with Crippen molar-refractivity contribution in [1.82, 2.24) is 15.2 Å². The zero-order chi connectivity index (χ0) is 23.5. The number of carbonyl (C=O) groups is 2. The first-order chi connectivity index (χ1) is 15.8. The van der Waals surface area contributed by atoms with E-state index in [9.17, 15) is 9.59 Å². The first-order valence-corrected chi connectivity index (χ1v) is 12.1. The Morgan fingerprint density at radius 1 is 1.09 bits per heavy atom. The molecule has 0 aliphatic carbocycles. The van der Waals surface area contributed by atoms with Crippen molar-refractivity contribution in [2.24, 2.45) is 0 Å². The molecule has 0 unspecified atom stereocenters. The summed E-state index contributed by atoms with van der Waals surface area (Å²) < 4.78 is 5.27. The molecule has 2 aromatic heterocycles. The first kappa shape index (κ1) is 23.2. The standard InChI is InChI=1S/C25H30N4O3S/c1-15-7-10-32-23(15)24(31)26-19-5-8-29(9-6-19)13-22(30)28-25-27-21(14-33-25)20-12-17(3)16(2)11-18(20)4/h7,10-12,14,19H,5-6,8-9,13H2,1-4H3,(H,26,31)(H,27,28,30). The van der Waals surface area contributed by atoms with Gasteiger partial charge in [-0.25, -0.2) is 4.98 Å². The molecule has 3 heterocycles. The van der Waals surface area contributed by atoms with Crippen LogP contribution in [0.25, 0.3) is 11.3 Å². The van der Waals surface area contributed by atoms with E-state index in [1.165, 1.54) is 34.3 Å². The van der Waals surface area contributed by atoms with Crippen LogP contribution in [0.2, 0.25) is 0 Å². The summed E-state index contributed by atoms with van der Waals surface area (Å²) in [5.74, 6) is 0.129. The Labute approximate surface area is 198 Å². The summed E-state index contributed by atoms with van der Waals surface area (Å²) in [6.07, 6.45) is 3.12. The van der Waals surface area contributed by atoms with Gasteiger partial charge in [0.1, 0.15) is 0 Å². The summed E-state index contributed by atoms with van der Waals surface area (Å²) in [5.41, 5.74) is 6.49. The van der Waals surface area contributed by atoms with E-state index in [0.29, 0.717) is 17.4 Å². The van der Waals surface area contributed by atoms with Gasteiger partial charge >= 0.3 is 0 Å². The van der Waals surface area contributed by atoms with E-state index in [1.807, 2.05) is 12.3 Å². The van der Waals surface area contributed by atoms with Crippen molar-refractivity contribution in [3.05, 3.63) is 57.9 Å². The van der Waals surface area contributed by atoms with Gasteiger partial charge in [-0.1, -0.05) is 6.07 Å². The number of nitrogens with zero attached hydrogens (tertiary/aromatic N) is 2. The van der Waals surface area contributed by atoms with Gasteiger partial charge in [0.2, 0.25) is 5.91 Å². The minimum absolute atomic E-state index is 0.0681. The zero-order valence-electron chi connectivity index (χ0n) is 19.5. The topological polar surface area (TPSA) is 87.5 Å². The molecule has 0 saturated carbocycles. The molecule has 1 aliphatic rings. The van der Waals surface area contributed by atoms with Crippen LogP contribution >= 0.6 is 11.3 Å². The molecule has 1 aromatic carbocycles. The molecule has 8 heteroatoms. The van der Waals surface area contributed by atoms with E-state index < -0.39 is 0 Å². The lowest BCUT2D eigenvalue weighted by Gasteiger charge is -2.31. The van der Waals surface area contributed by atoms with Gasteiger partial charge in [0.15, 0.2) is 10.9 Å². The number of hydrogen-bond donors (Lipinski definition) is 2. The summed E-state index contributed by atoms with van der Waals surface area (Å²) >= 11 is 1.44. The Balaban J connectivity index is 1.26. The van der Waals surface area contributed by atoms with Crippen molar-refractivity contribution in [2.45, 2.75) is 46.6 Å². The van der Waals surface area contributed by atoms with Crippen LogP contribution in [-0.2, 0) is 4.79 Å². The number of piperidine rings is 1. The van der Waals surface area contributed by atoms with Crippen molar-refractivity contribution >= 4 is 28.3 Å². The maximum atomic E-state index is 12.6. The van der Waals surface area contributed by atoms with Crippen LogP contribution in [0.15, 0.2) is 34.3 Å². The number of anilines is 1. The fourth-order valence-corrected chi connectivity index (χ4v) is 4.87. The maximum absolute atomic E-state index is 12.6. The molecule has 4 rings (SSSR count). The normalized spacial score (nSPS) is 14.9. The van der Waals surface area contributed by atoms with Crippen LogP contribution in [0.1, 0.15) is 45.7 Å². The number of amides is 2. The highest BCUT2D eigenvalue weighted by Crippen LogP contribution is 2.29. The summed E-state index contributed by atoms with van der Waals surface area (Å²) in [7, 11) is 0. The largest absolute Gasteiger partial charge is 0.459 e. The first-order valence-electron chi connectivity index (χ1n) is 11.2. The van der Waals surface area contributed by atoms with Gasteiger partial charge in [-0.05, 0) is 69.4 Å². The van der Waals surface area contributed by atoms with E-state index in [2.05, 4.69) is 53.4 Å². The molecule has 174 valence electrons. The summed E-state index contributed by atoms with van der Waals surface area (Å²) in [4.78, 5) is 31.6. The average molecular weight is 467 g/mol. The van der Waals surface area contributed by atoms with Crippen molar-refractivity contribution in [3.63, 3.8) is 0 Å². The third kappa shape index (κ3) is 5.51. The maximum Gasteiger partial charge on any atom is 0.287 e. The van der Waals surface area contributed by atoms with Gasteiger partial charge in [-0.15, -0.1) is 11.3 Å². The number of benzene rings is 1. The summed E-state index contributed by atoms with van der Waals surface area (Å²) in [6.45, 7) is 9.96. The van der Waals surface area contributed by atoms with E-state index in [-0.39, 0.29) is 17.9 Å². The zero-order valence-corrected chi connectivity index (χ0v) is 20.3. The molecule has 1 fully saturated rings. The Kier molecular flexibility index (Phi) is 6.95. The number of rotatable bonds is 6. The molecule has 0 bridgehead atoms. The number of furan rings is 1. The fraction of sp³-hybridized carbons (Fsp3) is 0.400. The van der Waals surface area contributed by atoms with Gasteiger partial charge in [-0.3, -0.25) is 14.5 Å². The summed E-state index contributed by atoms with van der Waals surface area (Å²) in [6, 6.07) is 6.19. The highest BCUT2D eigenvalue weighted by atomic mass is 32.1. The number of carbonyl (C=O) groups excluding carboxylic acids is 2. The smallest absolute Gasteiger partial charge is 0.287 e. The van der Waals surface area contributed by atoms with Crippen LogP contribution in [0.4, 0.5) is 5.13 Å². The SMILES string of the molecule is Cc1cc(C)c(-c2csc(NC(=O)CN3CCC(NC(=O)c4occc4C)CC3)n2)cc1C.